The maximum Gasteiger partial charge on any atom is 0.0379 e. The molecule has 0 unspecified atom stereocenters. The van der Waals surface area contributed by atoms with Crippen molar-refractivity contribution in [2.75, 3.05) is 0 Å². The van der Waals surface area contributed by atoms with Crippen LogP contribution >= 0.6 is 0 Å². The molecule has 0 rings (SSSR count). The van der Waals surface area contributed by atoms with E-state index >= 15 is 0 Å². The van der Waals surface area contributed by atoms with E-state index in [1.807, 2.05) is 0 Å². The Labute approximate surface area is 210 Å². The normalized spacial score (nSPS) is 8.31. The zero-order valence-corrected chi connectivity index (χ0v) is 33.0. The van der Waals surface area contributed by atoms with Crippen LogP contribution in [0.15, 0.2) is 0 Å². The first-order chi connectivity index (χ1) is 10.4. The minimum absolute atomic E-state index is 0. The summed E-state index contributed by atoms with van der Waals surface area (Å²) in [5, 5.41) is 0. The third-order valence-corrected chi connectivity index (χ3v) is 0. The molecule has 0 aromatic heterocycles. The molecule has 0 saturated carbocycles. The molecule has 0 N–H and O–H groups in total. The van der Waals surface area contributed by atoms with Gasteiger partial charge in [-0.3, -0.25) is 0 Å². The number of hydrogen-bond acceptors (Lipinski definition) is 0. The zero-order valence-electron chi connectivity index (χ0n) is 22.0. The van der Waals surface area contributed by atoms with Gasteiger partial charge in [0.1, 0.15) is 0 Å². The van der Waals surface area contributed by atoms with Gasteiger partial charge in [0.25, 0.3) is 0 Å². The number of hydrogen-bond donors (Lipinski definition) is 0. The van der Waals surface area contributed by atoms with Gasteiger partial charge < -0.3 is 0 Å². The van der Waals surface area contributed by atoms with Gasteiger partial charge in [-0.2, -0.15) is 0 Å². The topological polar surface area (TPSA) is 0 Å². The fourth-order valence-electron chi connectivity index (χ4n) is 0. The molecule has 0 amide bonds. The zero-order chi connectivity index (χ0) is 21.5. The molecular formula is C18H54GeSi6Sn. The van der Waals surface area contributed by atoms with Crippen LogP contribution in [0.2, 0.25) is 118 Å². The first kappa shape index (κ1) is 51.4. The minimum atomic E-state index is 0. The molecule has 158 valence electrons. The first-order valence-electron chi connectivity index (χ1n) is 9.00. The molecule has 0 spiro atoms. The Morgan fingerprint density at radius 3 is 0.231 bits per heavy atom. The molecule has 0 fully saturated rings. The molecule has 0 bridgehead atoms. The van der Waals surface area contributed by atoms with E-state index in [4.69, 9.17) is 0 Å². The van der Waals surface area contributed by atoms with Gasteiger partial charge in [0.05, 0.1) is 0 Å². The van der Waals surface area contributed by atoms with Gasteiger partial charge in [0.15, 0.2) is 0 Å². The van der Waals surface area contributed by atoms with E-state index in [1.54, 1.807) is 0 Å². The van der Waals surface area contributed by atoms with Crippen LogP contribution in [0, 0.1) is 0 Å². The van der Waals surface area contributed by atoms with E-state index in [0.29, 0.717) is 0 Å². The van der Waals surface area contributed by atoms with Crippen molar-refractivity contribution in [3.63, 3.8) is 0 Å². The van der Waals surface area contributed by atoms with E-state index in [0.717, 1.165) is 0 Å². The van der Waals surface area contributed by atoms with Crippen molar-refractivity contribution < 1.29 is 0 Å². The van der Waals surface area contributed by atoms with Crippen LogP contribution < -0.4 is 0 Å². The molecule has 0 atom stereocenters. The third kappa shape index (κ3) is 2510. The summed E-state index contributed by atoms with van der Waals surface area (Å²) in [5.41, 5.74) is 0. The van der Waals surface area contributed by atoms with Gasteiger partial charge in [0, 0.05) is 94.3 Å². The fourth-order valence-corrected chi connectivity index (χ4v) is 0. The SMILES string of the molecule is C[Si](C)C.C[Si](C)C.C[Si](C)C.C[Si](C)C.C[Si](C)C.C[Si](C)C.[Ge].[Sn]. The smallest absolute Gasteiger partial charge is 0.0379 e. The van der Waals surface area contributed by atoms with Crippen LogP contribution in [-0.2, 0) is 0 Å². The Balaban J connectivity index is -0.0000000245. The van der Waals surface area contributed by atoms with E-state index in [2.05, 4.69) is 118 Å². The Kier molecular flexibility index (Phi) is 91.0. The summed E-state index contributed by atoms with van der Waals surface area (Å²) in [6.45, 7) is 40.8. The van der Waals surface area contributed by atoms with Crippen molar-refractivity contribution in [2.24, 2.45) is 0 Å². The van der Waals surface area contributed by atoms with Crippen molar-refractivity contribution in [1.29, 1.82) is 0 Å². The molecule has 26 heavy (non-hydrogen) atoms. The Morgan fingerprint density at radius 2 is 0.231 bits per heavy atom. The van der Waals surface area contributed by atoms with Crippen LogP contribution in [0.5, 0.6) is 0 Å². The Bertz CT molecular complexity index is 107. The average Bonchev–Trinajstić information content (AvgIpc) is 2.08. The molecule has 0 aliphatic heterocycles. The standard InChI is InChI=1S/6C3H9Si.Ge.Sn/c6*1-4(2)3;;/h6*1-3H3;;. The number of rotatable bonds is 0. The summed E-state index contributed by atoms with van der Waals surface area (Å²) in [4.78, 5) is 0. The van der Waals surface area contributed by atoms with Crippen molar-refractivity contribution in [2.45, 2.75) is 118 Å². The van der Waals surface area contributed by atoms with Crippen LogP contribution in [0.1, 0.15) is 0 Å². The van der Waals surface area contributed by atoms with Crippen LogP contribution in [0.4, 0.5) is 0 Å². The Morgan fingerprint density at radius 1 is 0.231 bits per heavy atom. The molecule has 0 aliphatic carbocycles. The molecule has 8 heteroatoms. The van der Waals surface area contributed by atoms with Crippen LogP contribution in [0.25, 0.3) is 0 Å². The van der Waals surface area contributed by atoms with Crippen molar-refractivity contribution >= 4 is 94.3 Å². The summed E-state index contributed by atoms with van der Waals surface area (Å²) in [6.07, 6.45) is 0. The van der Waals surface area contributed by atoms with Crippen molar-refractivity contribution in [3.05, 3.63) is 0 Å². The predicted molar refractivity (Wildman–Crippen MR) is 152 cm³/mol. The molecule has 0 saturated heterocycles. The molecular weight excluding hydrogens is 576 g/mol. The maximum absolute atomic E-state index is 2.27. The van der Waals surface area contributed by atoms with Gasteiger partial charge in [-0.25, -0.2) is 0 Å². The van der Waals surface area contributed by atoms with Gasteiger partial charge in [-0.05, 0) is 0 Å². The molecule has 14 radical (unpaired) electrons. The molecule has 0 aromatic carbocycles. The van der Waals surface area contributed by atoms with Crippen molar-refractivity contribution in [3.8, 4) is 0 Å². The third-order valence-electron chi connectivity index (χ3n) is 0. The summed E-state index contributed by atoms with van der Waals surface area (Å²) >= 11 is 0. The van der Waals surface area contributed by atoms with E-state index in [9.17, 15) is 0 Å². The van der Waals surface area contributed by atoms with E-state index in [-0.39, 0.29) is 94.3 Å². The van der Waals surface area contributed by atoms with Gasteiger partial charge in [-0.15, -0.1) is 0 Å². The summed E-state index contributed by atoms with van der Waals surface area (Å²) in [7, 11) is 0.722. The fraction of sp³-hybridized carbons (Fsp3) is 1.00. The first-order valence-corrected chi connectivity index (χ1v) is 27.0. The van der Waals surface area contributed by atoms with Gasteiger partial charge >= 0.3 is 0 Å². The van der Waals surface area contributed by atoms with Gasteiger partial charge in [-0.1, -0.05) is 118 Å². The molecule has 0 nitrogen and oxygen atoms in total. The Hall–Kier alpha value is 2.64. The second kappa shape index (κ2) is 46.0. The van der Waals surface area contributed by atoms with E-state index < -0.39 is 0 Å². The summed E-state index contributed by atoms with van der Waals surface area (Å²) in [6, 6.07) is 0. The largest absolute Gasteiger partial charge is 0.0715 e. The molecule has 0 aliphatic rings. The minimum Gasteiger partial charge on any atom is -0.0715 e. The van der Waals surface area contributed by atoms with Crippen molar-refractivity contribution in [1.82, 2.24) is 0 Å². The molecule has 0 heterocycles. The second-order valence-electron chi connectivity index (χ2n) is 9.00. The van der Waals surface area contributed by atoms with Crippen LogP contribution in [-0.4, -0.2) is 94.3 Å². The average molecular weight is 630 g/mol. The van der Waals surface area contributed by atoms with Gasteiger partial charge in [0.2, 0.25) is 0 Å². The second-order valence-corrected chi connectivity index (χ2v) is 27.0. The predicted octanol–water partition coefficient (Wildman–Crippen LogP) is 7.46. The van der Waals surface area contributed by atoms with E-state index in [1.165, 1.54) is 0 Å². The summed E-state index contributed by atoms with van der Waals surface area (Å²) < 4.78 is 0. The maximum atomic E-state index is 2.27. The van der Waals surface area contributed by atoms with Crippen LogP contribution in [0.3, 0.4) is 0 Å². The quantitative estimate of drug-likeness (QED) is 0.244. The summed E-state index contributed by atoms with van der Waals surface area (Å²) in [5.74, 6) is 0. The molecule has 0 aromatic rings. The monoisotopic (exact) mass is 632 g/mol.